The van der Waals surface area contributed by atoms with E-state index in [1.807, 2.05) is 24.7 Å². The van der Waals surface area contributed by atoms with E-state index in [1.54, 1.807) is 17.5 Å². The molecule has 130 valence electrons. The Labute approximate surface area is 151 Å². The van der Waals surface area contributed by atoms with Crippen molar-refractivity contribution in [3.8, 4) is 11.5 Å². The number of H-pyrrole nitrogens is 1. The van der Waals surface area contributed by atoms with Crippen LogP contribution in [-0.4, -0.2) is 42.9 Å². The van der Waals surface area contributed by atoms with Crippen LogP contribution in [0.3, 0.4) is 0 Å². The van der Waals surface area contributed by atoms with Crippen LogP contribution in [0.25, 0.3) is 11.5 Å². The minimum Gasteiger partial charge on any atom is -0.343 e. The van der Waals surface area contributed by atoms with E-state index in [2.05, 4.69) is 26.8 Å². The topological polar surface area (TPSA) is 70.6 Å². The molecule has 1 fully saturated rings. The minimum absolute atomic E-state index is 0.371. The molecule has 0 radical (unpaired) electrons. The molecule has 1 aliphatic rings. The van der Waals surface area contributed by atoms with Crippen LogP contribution in [0.15, 0.2) is 24.0 Å². The first kappa shape index (κ1) is 16.4. The van der Waals surface area contributed by atoms with Crippen molar-refractivity contribution in [3.63, 3.8) is 0 Å². The van der Waals surface area contributed by atoms with Gasteiger partial charge in [0, 0.05) is 42.0 Å². The highest BCUT2D eigenvalue weighted by molar-refractivity contribution is 7.09. The van der Waals surface area contributed by atoms with Crippen LogP contribution in [0.4, 0.5) is 0 Å². The van der Waals surface area contributed by atoms with Crippen molar-refractivity contribution in [2.75, 3.05) is 13.1 Å². The molecule has 4 rings (SSSR count). The van der Waals surface area contributed by atoms with Crippen molar-refractivity contribution in [2.24, 2.45) is 0 Å². The van der Waals surface area contributed by atoms with E-state index in [-0.39, 0.29) is 0 Å². The molecule has 1 N–H and O–H groups in total. The van der Waals surface area contributed by atoms with E-state index in [0.29, 0.717) is 5.92 Å². The van der Waals surface area contributed by atoms with Crippen molar-refractivity contribution >= 4 is 11.3 Å². The van der Waals surface area contributed by atoms with Crippen LogP contribution in [0.1, 0.15) is 40.8 Å². The molecule has 0 saturated carbocycles. The lowest BCUT2D eigenvalue weighted by molar-refractivity contribution is 0.197. The molecule has 0 aromatic carbocycles. The summed E-state index contributed by atoms with van der Waals surface area (Å²) >= 11 is 1.75. The van der Waals surface area contributed by atoms with Gasteiger partial charge < -0.3 is 4.98 Å². The van der Waals surface area contributed by atoms with E-state index in [0.717, 1.165) is 54.8 Å². The Morgan fingerprint density at radius 3 is 2.96 bits per heavy atom. The summed E-state index contributed by atoms with van der Waals surface area (Å²) in [7, 11) is 0. The first-order valence-electron chi connectivity index (χ1n) is 8.65. The second-order valence-corrected chi connectivity index (χ2v) is 7.57. The molecule has 0 amide bonds. The zero-order chi connectivity index (χ0) is 17.2. The number of hydrogen-bond donors (Lipinski definition) is 1. The van der Waals surface area contributed by atoms with Gasteiger partial charge in [-0.3, -0.25) is 4.90 Å². The quantitative estimate of drug-likeness (QED) is 0.778. The Kier molecular flexibility index (Phi) is 4.59. The molecule has 7 heteroatoms. The van der Waals surface area contributed by atoms with Gasteiger partial charge in [0.25, 0.3) is 0 Å². The van der Waals surface area contributed by atoms with Gasteiger partial charge in [0.1, 0.15) is 11.5 Å². The molecule has 25 heavy (non-hydrogen) atoms. The highest BCUT2D eigenvalue weighted by Gasteiger charge is 2.25. The number of aromatic amines is 1. The van der Waals surface area contributed by atoms with Crippen LogP contribution >= 0.6 is 11.3 Å². The van der Waals surface area contributed by atoms with Crippen molar-refractivity contribution in [1.29, 1.82) is 0 Å². The van der Waals surface area contributed by atoms with E-state index in [1.165, 1.54) is 11.3 Å². The highest BCUT2D eigenvalue weighted by atomic mass is 32.1. The predicted octanol–water partition coefficient (Wildman–Crippen LogP) is 3.32. The maximum absolute atomic E-state index is 4.81. The Hall–Kier alpha value is -2.12. The fourth-order valence-corrected chi connectivity index (χ4v) is 4.21. The third-order valence-electron chi connectivity index (χ3n) is 4.70. The maximum Gasteiger partial charge on any atom is 0.156 e. The Bertz CT molecular complexity index is 841. The number of piperidine rings is 1. The van der Waals surface area contributed by atoms with Gasteiger partial charge in [-0.15, -0.1) is 11.3 Å². The summed E-state index contributed by atoms with van der Waals surface area (Å²) in [5.41, 5.74) is 4.96. The van der Waals surface area contributed by atoms with Crippen molar-refractivity contribution < 1.29 is 0 Å². The molecule has 0 bridgehead atoms. The Morgan fingerprint density at radius 2 is 2.20 bits per heavy atom. The summed E-state index contributed by atoms with van der Waals surface area (Å²) in [5, 5.41) is 0. The molecule has 0 aliphatic carbocycles. The summed E-state index contributed by atoms with van der Waals surface area (Å²) in [6.07, 6.45) is 5.90. The number of nitrogens with zero attached hydrogens (tertiary/aromatic N) is 5. The first-order valence-corrected chi connectivity index (χ1v) is 9.53. The molecule has 1 unspecified atom stereocenters. The molecular formula is C18H22N6S. The number of aromatic nitrogens is 5. The van der Waals surface area contributed by atoms with Gasteiger partial charge in [-0.2, -0.15) is 0 Å². The lowest BCUT2D eigenvalue weighted by Crippen LogP contribution is -2.34. The molecule has 1 aliphatic heterocycles. The van der Waals surface area contributed by atoms with Crippen molar-refractivity contribution in [3.05, 3.63) is 46.1 Å². The second kappa shape index (κ2) is 7.01. The van der Waals surface area contributed by atoms with Gasteiger partial charge >= 0.3 is 0 Å². The standard InChI is InChI=1S/C18H22N6S/c1-12-8-15(18-19-5-6-20-18)23-17(22-12)14-4-3-7-24(9-14)10-16-13(2)21-11-25-16/h5-6,8,11,14H,3-4,7,9-10H2,1-2H3,(H,19,20). The number of thiazole rings is 1. The molecular weight excluding hydrogens is 332 g/mol. The SMILES string of the molecule is Cc1cc(-c2ncc[nH]2)nc(C2CCCN(Cc3scnc3C)C2)n1. The normalized spacial score (nSPS) is 18.6. The van der Waals surface area contributed by atoms with E-state index < -0.39 is 0 Å². The van der Waals surface area contributed by atoms with E-state index >= 15 is 0 Å². The predicted molar refractivity (Wildman–Crippen MR) is 98.5 cm³/mol. The third-order valence-corrected chi connectivity index (χ3v) is 5.61. The lowest BCUT2D eigenvalue weighted by atomic mass is 9.96. The monoisotopic (exact) mass is 354 g/mol. The number of likely N-dealkylation sites (tertiary alicyclic amines) is 1. The van der Waals surface area contributed by atoms with Gasteiger partial charge in [-0.1, -0.05) is 0 Å². The van der Waals surface area contributed by atoms with Gasteiger partial charge in [-0.05, 0) is 39.3 Å². The first-order chi connectivity index (χ1) is 12.2. The molecule has 1 saturated heterocycles. The second-order valence-electron chi connectivity index (χ2n) is 6.63. The fraction of sp³-hybridized carbons (Fsp3) is 0.444. The maximum atomic E-state index is 4.81. The van der Waals surface area contributed by atoms with E-state index in [4.69, 9.17) is 9.97 Å². The van der Waals surface area contributed by atoms with Gasteiger partial charge in [-0.25, -0.2) is 19.9 Å². The Balaban J connectivity index is 1.54. The van der Waals surface area contributed by atoms with Crippen LogP contribution < -0.4 is 0 Å². The van der Waals surface area contributed by atoms with Crippen LogP contribution in [0.2, 0.25) is 0 Å². The van der Waals surface area contributed by atoms with Gasteiger partial charge in [0.2, 0.25) is 0 Å². The summed E-state index contributed by atoms with van der Waals surface area (Å²) in [6.45, 7) is 7.22. The zero-order valence-electron chi connectivity index (χ0n) is 14.6. The fourth-order valence-electron chi connectivity index (χ4n) is 3.39. The van der Waals surface area contributed by atoms with E-state index in [9.17, 15) is 0 Å². The van der Waals surface area contributed by atoms with Gasteiger partial charge in [0.05, 0.1) is 11.2 Å². The smallest absolute Gasteiger partial charge is 0.156 e. The average molecular weight is 354 g/mol. The molecule has 0 spiro atoms. The van der Waals surface area contributed by atoms with Crippen molar-refractivity contribution in [1.82, 2.24) is 29.8 Å². The number of hydrogen-bond acceptors (Lipinski definition) is 6. The zero-order valence-corrected chi connectivity index (χ0v) is 15.4. The lowest BCUT2D eigenvalue weighted by Gasteiger charge is -2.31. The summed E-state index contributed by atoms with van der Waals surface area (Å²) in [6, 6.07) is 1.99. The number of rotatable bonds is 4. The number of aryl methyl sites for hydroxylation is 2. The minimum atomic E-state index is 0.371. The molecule has 6 nitrogen and oxygen atoms in total. The number of imidazole rings is 1. The molecule has 4 heterocycles. The highest BCUT2D eigenvalue weighted by Crippen LogP contribution is 2.28. The third kappa shape index (κ3) is 3.62. The summed E-state index contributed by atoms with van der Waals surface area (Å²) in [4.78, 5) is 25.2. The molecule has 3 aromatic heterocycles. The van der Waals surface area contributed by atoms with Crippen LogP contribution in [-0.2, 0) is 6.54 Å². The average Bonchev–Trinajstić information content (AvgIpc) is 3.27. The summed E-state index contributed by atoms with van der Waals surface area (Å²) in [5.74, 6) is 2.12. The largest absolute Gasteiger partial charge is 0.343 e. The number of nitrogens with one attached hydrogen (secondary N) is 1. The van der Waals surface area contributed by atoms with Crippen LogP contribution in [0.5, 0.6) is 0 Å². The van der Waals surface area contributed by atoms with Crippen molar-refractivity contribution in [2.45, 2.75) is 39.2 Å². The summed E-state index contributed by atoms with van der Waals surface area (Å²) < 4.78 is 0. The Morgan fingerprint density at radius 1 is 1.28 bits per heavy atom. The molecule has 1 atom stereocenters. The molecule has 3 aromatic rings. The van der Waals surface area contributed by atoms with Crippen LogP contribution in [0, 0.1) is 13.8 Å². The van der Waals surface area contributed by atoms with Gasteiger partial charge in [0.15, 0.2) is 5.82 Å².